The smallest absolute Gasteiger partial charge is 0.257 e. The number of likely N-dealkylation sites (tertiary alicyclic amines) is 1. The Morgan fingerprint density at radius 1 is 1.26 bits per heavy atom. The molecule has 2 aliphatic rings. The first kappa shape index (κ1) is 17.7. The maximum Gasteiger partial charge on any atom is 0.257 e. The summed E-state index contributed by atoms with van der Waals surface area (Å²) in [7, 11) is 2.12. The highest BCUT2D eigenvalue weighted by atomic mass is 16.2. The first-order valence-electron chi connectivity index (χ1n) is 9.41. The van der Waals surface area contributed by atoms with Crippen molar-refractivity contribution in [3.63, 3.8) is 0 Å². The zero-order chi connectivity index (χ0) is 19.0. The summed E-state index contributed by atoms with van der Waals surface area (Å²) in [5.41, 5.74) is 1.64. The Balaban J connectivity index is 1.71. The SMILES string of the molecule is C[C@@H]1CN(C)CC[C@@H]1CC(=O)N1c2ccccc2C(=O)Nc2cccnc21. The third kappa shape index (κ3) is 3.32. The molecule has 2 aliphatic heterocycles. The molecule has 2 amide bonds. The van der Waals surface area contributed by atoms with Gasteiger partial charge in [0, 0.05) is 19.2 Å². The van der Waals surface area contributed by atoms with Gasteiger partial charge in [-0.25, -0.2) is 4.98 Å². The van der Waals surface area contributed by atoms with Gasteiger partial charge in [-0.05, 0) is 56.1 Å². The van der Waals surface area contributed by atoms with Gasteiger partial charge in [-0.3, -0.25) is 14.5 Å². The molecule has 2 atom stereocenters. The van der Waals surface area contributed by atoms with Crippen LogP contribution in [0.5, 0.6) is 0 Å². The number of carbonyl (C=O) groups excluding carboxylic acids is 2. The predicted octanol–water partition coefficient (Wildman–Crippen LogP) is 3.29. The second kappa shape index (κ2) is 7.12. The molecular formula is C21H24N4O2. The molecule has 1 N–H and O–H groups in total. The number of hydrogen-bond donors (Lipinski definition) is 1. The fourth-order valence-corrected chi connectivity index (χ4v) is 4.11. The molecule has 140 valence electrons. The van der Waals surface area contributed by atoms with Gasteiger partial charge in [0.05, 0.1) is 16.9 Å². The molecule has 2 aromatic rings. The Kier molecular flexibility index (Phi) is 4.66. The molecule has 0 unspecified atom stereocenters. The van der Waals surface area contributed by atoms with Crippen LogP contribution in [0.25, 0.3) is 0 Å². The van der Waals surface area contributed by atoms with Gasteiger partial charge in [0.1, 0.15) is 0 Å². The first-order chi connectivity index (χ1) is 13.0. The third-order valence-electron chi connectivity index (χ3n) is 5.61. The van der Waals surface area contributed by atoms with E-state index in [1.165, 1.54) is 0 Å². The van der Waals surface area contributed by atoms with Gasteiger partial charge in [0.25, 0.3) is 5.91 Å². The number of nitrogens with zero attached hydrogens (tertiary/aromatic N) is 3. The molecule has 3 heterocycles. The lowest BCUT2D eigenvalue weighted by atomic mass is 9.84. The van der Waals surface area contributed by atoms with E-state index in [1.807, 2.05) is 18.2 Å². The number of nitrogens with one attached hydrogen (secondary N) is 1. The van der Waals surface area contributed by atoms with Crippen molar-refractivity contribution in [3.05, 3.63) is 48.2 Å². The van der Waals surface area contributed by atoms with E-state index in [1.54, 1.807) is 29.3 Å². The number of anilines is 3. The number of fused-ring (bicyclic) bond motifs is 2. The molecule has 6 heteroatoms. The zero-order valence-corrected chi connectivity index (χ0v) is 15.7. The van der Waals surface area contributed by atoms with E-state index in [2.05, 4.69) is 29.2 Å². The lowest BCUT2D eigenvalue weighted by Crippen LogP contribution is -2.39. The van der Waals surface area contributed by atoms with Crippen LogP contribution in [0.2, 0.25) is 0 Å². The van der Waals surface area contributed by atoms with Crippen molar-refractivity contribution in [2.45, 2.75) is 19.8 Å². The molecule has 0 spiro atoms. The maximum absolute atomic E-state index is 13.4. The molecule has 0 saturated carbocycles. The van der Waals surface area contributed by atoms with E-state index >= 15 is 0 Å². The molecule has 0 aliphatic carbocycles. The summed E-state index contributed by atoms with van der Waals surface area (Å²) in [5.74, 6) is 1.04. The number of rotatable bonds is 2. The van der Waals surface area contributed by atoms with Crippen LogP contribution in [0.3, 0.4) is 0 Å². The highest BCUT2D eigenvalue weighted by Gasteiger charge is 2.33. The standard InChI is InChI=1S/C21H24N4O2/c1-14-13-24(2)11-9-15(14)12-19(26)25-18-8-4-3-6-16(18)21(27)23-17-7-5-10-22-20(17)25/h3-8,10,14-15H,9,11-13H2,1-2H3,(H,23,27)/t14-,15-/m1/s1. The van der Waals surface area contributed by atoms with Gasteiger partial charge < -0.3 is 10.2 Å². The number of piperidine rings is 1. The minimum absolute atomic E-state index is 0.0136. The van der Waals surface area contributed by atoms with Crippen molar-refractivity contribution >= 4 is 29.0 Å². The highest BCUT2D eigenvalue weighted by Crippen LogP contribution is 2.38. The van der Waals surface area contributed by atoms with E-state index in [0.717, 1.165) is 19.5 Å². The molecule has 6 nitrogen and oxygen atoms in total. The Morgan fingerprint density at radius 3 is 2.89 bits per heavy atom. The van der Waals surface area contributed by atoms with Gasteiger partial charge in [0.2, 0.25) is 5.91 Å². The van der Waals surface area contributed by atoms with Crippen molar-refractivity contribution in [3.8, 4) is 0 Å². The normalized spacial score (nSPS) is 22.4. The molecule has 1 saturated heterocycles. The van der Waals surface area contributed by atoms with Gasteiger partial charge in [0.15, 0.2) is 5.82 Å². The van der Waals surface area contributed by atoms with Crippen LogP contribution in [-0.4, -0.2) is 41.8 Å². The van der Waals surface area contributed by atoms with Gasteiger partial charge in [-0.1, -0.05) is 19.1 Å². The summed E-state index contributed by atoms with van der Waals surface area (Å²) >= 11 is 0. The number of para-hydroxylation sites is 1. The second-order valence-electron chi connectivity index (χ2n) is 7.57. The summed E-state index contributed by atoms with van der Waals surface area (Å²) < 4.78 is 0. The molecule has 27 heavy (non-hydrogen) atoms. The van der Waals surface area contributed by atoms with Crippen molar-refractivity contribution in [1.29, 1.82) is 0 Å². The highest BCUT2D eigenvalue weighted by molar-refractivity contribution is 6.17. The molecule has 1 fully saturated rings. The van der Waals surface area contributed by atoms with Crippen LogP contribution in [0, 0.1) is 11.8 Å². The third-order valence-corrected chi connectivity index (χ3v) is 5.61. The fraction of sp³-hybridized carbons (Fsp3) is 0.381. The van der Waals surface area contributed by atoms with Crippen LogP contribution in [0.1, 0.15) is 30.1 Å². The van der Waals surface area contributed by atoms with Crippen LogP contribution in [-0.2, 0) is 4.79 Å². The quantitative estimate of drug-likeness (QED) is 0.888. The molecule has 0 radical (unpaired) electrons. The van der Waals surface area contributed by atoms with E-state index in [9.17, 15) is 9.59 Å². The number of carbonyl (C=O) groups is 2. The van der Waals surface area contributed by atoms with E-state index < -0.39 is 0 Å². The predicted molar refractivity (Wildman–Crippen MR) is 105 cm³/mol. The van der Waals surface area contributed by atoms with Gasteiger partial charge >= 0.3 is 0 Å². The molecule has 1 aromatic heterocycles. The molecule has 0 bridgehead atoms. The van der Waals surface area contributed by atoms with E-state index in [0.29, 0.717) is 41.0 Å². The van der Waals surface area contributed by atoms with Crippen LogP contribution >= 0.6 is 0 Å². The fourth-order valence-electron chi connectivity index (χ4n) is 4.11. The van der Waals surface area contributed by atoms with Crippen LogP contribution in [0.4, 0.5) is 17.2 Å². The van der Waals surface area contributed by atoms with E-state index in [-0.39, 0.29) is 11.8 Å². The Morgan fingerprint density at radius 2 is 2.07 bits per heavy atom. The lowest BCUT2D eigenvalue weighted by Gasteiger charge is -2.35. The Hall–Kier alpha value is -2.73. The monoisotopic (exact) mass is 364 g/mol. The van der Waals surface area contributed by atoms with Crippen LogP contribution < -0.4 is 10.2 Å². The maximum atomic E-state index is 13.4. The van der Waals surface area contributed by atoms with Crippen molar-refractivity contribution < 1.29 is 9.59 Å². The zero-order valence-electron chi connectivity index (χ0n) is 15.7. The molecule has 4 rings (SSSR count). The topological polar surface area (TPSA) is 65.5 Å². The number of amides is 2. The number of benzene rings is 1. The number of pyridine rings is 1. The van der Waals surface area contributed by atoms with Crippen LogP contribution in [0.15, 0.2) is 42.6 Å². The minimum Gasteiger partial charge on any atom is -0.319 e. The minimum atomic E-state index is -0.220. The molecule has 1 aromatic carbocycles. The summed E-state index contributed by atoms with van der Waals surface area (Å²) in [6, 6.07) is 10.8. The summed E-state index contributed by atoms with van der Waals surface area (Å²) in [5, 5.41) is 2.88. The summed E-state index contributed by atoms with van der Waals surface area (Å²) in [6.07, 6.45) is 3.11. The van der Waals surface area contributed by atoms with E-state index in [4.69, 9.17) is 0 Å². The summed E-state index contributed by atoms with van der Waals surface area (Å²) in [6.45, 7) is 4.22. The van der Waals surface area contributed by atoms with Gasteiger partial charge in [-0.15, -0.1) is 0 Å². The largest absolute Gasteiger partial charge is 0.319 e. The van der Waals surface area contributed by atoms with Crippen molar-refractivity contribution in [2.24, 2.45) is 11.8 Å². The first-order valence-corrected chi connectivity index (χ1v) is 9.41. The number of aromatic nitrogens is 1. The Labute approximate surface area is 159 Å². The average Bonchev–Trinajstić information content (AvgIpc) is 2.78. The Bertz CT molecular complexity index is 882. The number of hydrogen-bond acceptors (Lipinski definition) is 4. The summed E-state index contributed by atoms with van der Waals surface area (Å²) in [4.78, 5) is 34.4. The molecular weight excluding hydrogens is 340 g/mol. The van der Waals surface area contributed by atoms with Crippen molar-refractivity contribution in [1.82, 2.24) is 9.88 Å². The average molecular weight is 364 g/mol. The van der Waals surface area contributed by atoms with Crippen molar-refractivity contribution in [2.75, 3.05) is 30.4 Å². The second-order valence-corrected chi connectivity index (χ2v) is 7.57. The van der Waals surface area contributed by atoms with Gasteiger partial charge in [-0.2, -0.15) is 0 Å². The lowest BCUT2D eigenvalue weighted by molar-refractivity contribution is -0.119.